The van der Waals surface area contributed by atoms with Crippen molar-refractivity contribution in [1.82, 2.24) is 9.88 Å². The SMILES string of the molecule is O=C(OCCCN1C(=O)c2ccccc2C1=O)c1csc(NCc2ccccc2)n1. The number of ether oxygens (including phenoxy) is 1. The summed E-state index contributed by atoms with van der Waals surface area (Å²) in [5.74, 6) is -1.15. The molecule has 1 aliphatic rings. The minimum atomic E-state index is -0.527. The quantitative estimate of drug-likeness (QED) is 0.340. The second kappa shape index (κ2) is 8.87. The first-order valence-corrected chi connectivity index (χ1v) is 10.4. The van der Waals surface area contributed by atoms with Gasteiger partial charge in [-0.3, -0.25) is 14.5 Å². The highest BCUT2D eigenvalue weighted by atomic mass is 32.1. The number of carbonyl (C=O) groups is 3. The zero-order valence-electron chi connectivity index (χ0n) is 16.0. The van der Waals surface area contributed by atoms with Crippen molar-refractivity contribution in [3.63, 3.8) is 0 Å². The molecule has 1 N–H and O–H groups in total. The molecule has 0 saturated heterocycles. The van der Waals surface area contributed by atoms with Crippen LogP contribution in [0, 0.1) is 0 Å². The van der Waals surface area contributed by atoms with Gasteiger partial charge in [-0.25, -0.2) is 9.78 Å². The zero-order chi connectivity index (χ0) is 20.9. The van der Waals surface area contributed by atoms with E-state index in [0.717, 1.165) is 5.56 Å². The Bertz CT molecular complexity index is 1050. The molecule has 30 heavy (non-hydrogen) atoms. The molecule has 0 saturated carbocycles. The number of esters is 1. The summed E-state index contributed by atoms with van der Waals surface area (Å²) in [6, 6.07) is 16.6. The van der Waals surface area contributed by atoms with Gasteiger partial charge in [0.2, 0.25) is 0 Å². The summed E-state index contributed by atoms with van der Waals surface area (Å²) in [5.41, 5.74) is 2.18. The minimum absolute atomic E-state index is 0.0938. The van der Waals surface area contributed by atoms with E-state index >= 15 is 0 Å². The van der Waals surface area contributed by atoms with E-state index in [2.05, 4.69) is 10.3 Å². The number of fused-ring (bicyclic) bond motifs is 1. The first-order valence-electron chi connectivity index (χ1n) is 9.49. The van der Waals surface area contributed by atoms with Crippen molar-refractivity contribution in [1.29, 1.82) is 0 Å². The third kappa shape index (κ3) is 4.23. The number of imide groups is 1. The highest BCUT2D eigenvalue weighted by Crippen LogP contribution is 2.22. The van der Waals surface area contributed by atoms with Gasteiger partial charge in [0.15, 0.2) is 10.8 Å². The summed E-state index contributed by atoms with van der Waals surface area (Å²) >= 11 is 1.33. The van der Waals surface area contributed by atoms with Crippen molar-refractivity contribution in [2.24, 2.45) is 0 Å². The molecule has 0 radical (unpaired) electrons. The number of aromatic nitrogens is 1. The molecule has 2 amide bonds. The van der Waals surface area contributed by atoms with Crippen molar-refractivity contribution in [2.75, 3.05) is 18.5 Å². The van der Waals surface area contributed by atoms with E-state index < -0.39 is 5.97 Å². The van der Waals surface area contributed by atoms with Gasteiger partial charge in [-0.2, -0.15) is 0 Å². The zero-order valence-corrected chi connectivity index (χ0v) is 16.9. The first kappa shape index (κ1) is 19.8. The number of nitrogens with zero attached hydrogens (tertiary/aromatic N) is 2. The molecule has 1 aliphatic heterocycles. The average Bonchev–Trinajstić information content (AvgIpc) is 3.35. The van der Waals surface area contributed by atoms with Gasteiger partial charge in [-0.1, -0.05) is 42.5 Å². The lowest BCUT2D eigenvalue weighted by molar-refractivity contribution is 0.0477. The summed E-state index contributed by atoms with van der Waals surface area (Å²) in [7, 11) is 0. The predicted octanol–water partition coefficient (Wildman–Crippen LogP) is 3.60. The van der Waals surface area contributed by atoms with Crippen LogP contribution in [0.2, 0.25) is 0 Å². The lowest BCUT2D eigenvalue weighted by Crippen LogP contribution is -2.31. The van der Waals surface area contributed by atoms with Crippen LogP contribution < -0.4 is 5.32 Å². The largest absolute Gasteiger partial charge is 0.461 e. The van der Waals surface area contributed by atoms with Crippen LogP contribution in [-0.4, -0.2) is 40.8 Å². The van der Waals surface area contributed by atoms with Gasteiger partial charge in [-0.15, -0.1) is 11.3 Å². The summed E-state index contributed by atoms with van der Waals surface area (Å²) < 4.78 is 5.24. The summed E-state index contributed by atoms with van der Waals surface area (Å²) in [4.78, 5) is 42.2. The summed E-state index contributed by atoms with van der Waals surface area (Å²) in [6.45, 7) is 0.903. The van der Waals surface area contributed by atoms with Crippen molar-refractivity contribution in [2.45, 2.75) is 13.0 Å². The molecule has 1 aromatic heterocycles. The maximum atomic E-state index is 12.3. The number of rotatable bonds is 8. The maximum absolute atomic E-state index is 12.3. The minimum Gasteiger partial charge on any atom is -0.461 e. The fourth-order valence-electron chi connectivity index (χ4n) is 3.13. The van der Waals surface area contributed by atoms with Crippen LogP contribution in [-0.2, 0) is 11.3 Å². The van der Waals surface area contributed by atoms with Crippen molar-refractivity contribution in [3.05, 3.63) is 82.4 Å². The van der Waals surface area contributed by atoms with Crippen LogP contribution >= 0.6 is 11.3 Å². The number of benzene rings is 2. The molecule has 0 unspecified atom stereocenters. The number of hydrogen-bond donors (Lipinski definition) is 1. The molecular weight excluding hydrogens is 402 g/mol. The lowest BCUT2D eigenvalue weighted by atomic mass is 10.1. The maximum Gasteiger partial charge on any atom is 0.357 e. The Morgan fingerprint density at radius 2 is 1.67 bits per heavy atom. The fraction of sp³-hybridized carbons (Fsp3) is 0.182. The van der Waals surface area contributed by atoms with Gasteiger partial charge in [0.05, 0.1) is 17.7 Å². The van der Waals surface area contributed by atoms with Crippen molar-refractivity contribution < 1.29 is 19.1 Å². The van der Waals surface area contributed by atoms with Crippen LogP contribution in [0.3, 0.4) is 0 Å². The molecule has 0 fully saturated rings. The van der Waals surface area contributed by atoms with Crippen molar-refractivity contribution >= 4 is 34.3 Å². The third-order valence-corrected chi connectivity index (χ3v) is 5.44. The van der Waals surface area contributed by atoms with Gasteiger partial charge in [-0.05, 0) is 24.1 Å². The molecule has 0 aliphatic carbocycles. The Balaban J connectivity index is 1.23. The van der Waals surface area contributed by atoms with E-state index in [9.17, 15) is 14.4 Å². The molecule has 0 atom stereocenters. The van der Waals surface area contributed by atoms with E-state index in [1.807, 2.05) is 30.3 Å². The Labute approximate surface area is 177 Å². The van der Waals surface area contributed by atoms with Gasteiger partial charge in [0, 0.05) is 18.5 Å². The van der Waals surface area contributed by atoms with Gasteiger partial charge < -0.3 is 10.1 Å². The molecule has 8 heteroatoms. The van der Waals surface area contributed by atoms with Crippen LogP contribution in [0.25, 0.3) is 0 Å². The van der Waals surface area contributed by atoms with E-state index in [0.29, 0.717) is 29.2 Å². The second-order valence-electron chi connectivity index (χ2n) is 6.67. The molecule has 3 aromatic rings. The smallest absolute Gasteiger partial charge is 0.357 e. The Kier molecular flexibility index (Phi) is 5.85. The summed E-state index contributed by atoms with van der Waals surface area (Å²) in [5, 5.41) is 5.45. The molecule has 152 valence electrons. The molecule has 0 bridgehead atoms. The number of thiazole rings is 1. The first-order chi connectivity index (χ1) is 14.6. The number of hydrogen-bond acceptors (Lipinski definition) is 7. The molecular formula is C22H19N3O4S. The van der Waals surface area contributed by atoms with Crippen molar-refractivity contribution in [3.8, 4) is 0 Å². The number of carbonyl (C=O) groups excluding carboxylic acids is 3. The summed E-state index contributed by atoms with van der Waals surface area (Å²) in [6.07, 6.45) is 0.362. The van der Waals surface area contributed by atoms with Gasteiger partial charge >= 0.3 is 5.97 Å². The highest BCUT2D eigenvalue weighted by molar-refractivity contribution is 7.13. The van der Waals surface area contributed by atoms with Crippen LogP contribution in [0.4, 0.5) is 5.13 Å². The Morgan fingerprint density at radius 1 is 1.00 bits per heavy atom. The Morgan fingerprint density at radius 3 is 2.37 bits per heavy atom. The molecule has 2 heterocycles. The molecule has 4 rings (SSSR count). The van der Waals surface area contributed by atoms with Crippen LogP contribution in [0.15, 0.2) is 60.0 Å². The molecule has 0 spiro atoms. The van der Waals surface area contributed by atoms with Crippen LogP contribution in [0.1, 0.15) is 43.2 Å². The number of anilines is 1. The lowest BCUT2D eigenvalue weighted by Gasteiger charge is -2.13. The fourth-order valence-corrected chi connectivity index (χ4v) is 3.80. The number of nitrogens with one attached hydrogen (secondary N) is 1. The highest BCUT2D eigenvalue weighted by Gasteiger charge is 2.34. The standard InChI is InChI=1S/C22H19N3O4S/c26-19-16-9-4-5-10-17(16)20(27)25(19)11-6-12-29-21(28)18-14-30-22(24-18)23-13-15-7-2-1-3-8-15/h1-5,7-10,14H,6,11-13H2,(H,23,24). The molecule has 7 nitrogen and oxygen atoms in total. The van der Waals surface area contributed by atoms with Crippen LogP contribution in [0.5, 0.6) is 0 Å². The monoisotopic (exact) mass is 421 g/mol. The second-order valence-corrected chi connectivity index (χ2v) is 7.53. The topological polar surface area (TPSA) is 88.6 Å². The number of amides is 2. The van der Waals surface area contributed by atoms with E-state index in [4.69, 9.17) is 4.74 Å². The average molecular weight is 421 g/mol. The van der Waals surface area contributed by atoms with Gasteiger partial charge in [0.1, 0.15) is 0 Å². The van der Waals surface area contributed by atoms with Gasteiger partial charge in [0.25, 0.3) is 11.8 Å². The third-order valence-electron chi connectivity index (χ3n) is 4.64. The van der Waals surface area contributed by atoms with E-state index in [-0.39, 0.29) is 30.7 Å². The van der Waals surface area contributed by atoms with E-state index in [1.165, 1.54) is 16.2 Å². The normalized spacial score (nSPS) is 12.7. The van der Waals surface area contributed by atoms with E-state index in [1.54, 1.807) is 29.6 Å². The predicted molar refractivity (Wildman–Crippen MR) is 113 cm³/mol. The Hall–Kier alpha value is -3.52. The molecule has 2 aromatic carbocycles.